The molecule has 78 valence electrons. The van der Waals surface area contributed by atoms with Crippen LogP contribution in [0.2, 0.25) is 5.15 Å². The van der Waals surface area contributed by atoms with Gasteiger partial charge in [-0.25, -0.2) is 0 Å². The lowest BCUT2D eigenvalue weighted by Crippen LogP contribution is -2.39. The van der Waals surface area contributed by atoms with Crippen molar-refractivity contribution in [2.45, 2.75) is 18.8 Å². The molecule has 1 aromatic heterocycles. The number of piperidine rings is 1. The molecule has 1 atom stereocenters. The van der Waals surface area contributed by atoms with E-state index in [2.05, 4.69) is 15.5 Å². The van der Waals surface area contributed by atoms with Gasteiger partial charge in [0.25, 0.3) is 0 Å². The number of nitrogens with zero attached hydrogens (tertiary/aromatic N) is 2. The Bertz CT molecular complexity index is 422. The van der Waals surface area contributed by atoms with Crippen molar-refractivity contribution in [3.8, 4) is 0 Å². The van der Waals surface area contributed by atoms with Crippen molar-refractivity contribution < 1.29 is 9.59 Å². The minimum absolute atomic E-state index is 0.232. The van der Waals surface area contributed by atoms with Gasteiger partial charge in [0.2, 0.25) is 11.8 Å². The average molecular weight is 226 g/mol. The molecular weight excluding hydrogens is 218 g/mol. The second-order valence-electron chi connectivity index (χ2n) is 3.32. The molecule has 6 heteroatoms. The summed E-state index contributed by atoms with van der Waals surface area (Å²) < 4.78 is 0. The van der Waals surface area contributed by atoms with Gasteiger partial charge >= 0.3 is 0 Å². The molecule has 5 nitrogen and oxygen atoms in total. The number of hydrogen-bond donors (Lipinski definition) is 1. The molecule has 0 spiro atoms. The van der Waals surface area contributed by atoms with Gasteiger partial charge in [0.15, 0.2) is 5.15 Å². The Morgan fingerprint density at radius 2 is 2.27 bits per heavy atom. The van der Waals surface area contributed by atoms with Gasteiger partial charge < -0.3 is 0 Å². The first kappa shape index (κ1) is 10.0. The van der Waals surface area contributed by atoms with E-state index in [0.29, 0.717) is 18.4 Å². The first-order chi connectivity index (χ1) is 7.16. The van der Waals surface area contributed by atoms with Crippen LogP contribution in [0, 0.1) is 0 Å². The number of halogens is 1. The summed E-state index contributed by atoms with van der Waals surface area (Å²) in [5.74, 6) is -0.879. The smallest absolute Gasteiger partial charge is 0.234 e. The molecule has 0 bridgehead atoms. The van der Waals surface area contributed by atoms with Crippen LogP contribution in [-0.4, -0.2) is 22.0 Å². The van der Waals surface area contributed by atoms with E-state index in [0.717, 1.165) is 0 Å². The molecule has 2 rings (SSSR count). The molecule has 0 aromatic carbocycles. The maximum absolute atomic E-state index is 11.5. The first-order valence-electron chi connectivity index (χ1n) is 4.48. The summed E-state index contributed by atoms with van der Waals surface area (Å²) in [5.41, 5.74) is 0.694. The van der Waals surface area contributed by atoms with Gasteiger partial charge in [-0.3, -0.25) is 14.9 Å². The number of carbonyl (C=O) groups excluding carboxylic acids is 2. The van der Waals surface area contributed by atoms with Crippen LogP contribution in [0.1, 0.15) is 24.3 Å². The highest BCUT2D eigenvalue weighted by atomic mass is 35.5. The Morgan fingerprint density at radius 3 is 2.93 bits per heavy atom. The van der Waals surface area contributed by atoms with E-state index in [1.54, 1.807) is 6.07 Å². The van der Waals surface area contributed by atoms with Crippen molar-refractivity contribution in [1.29, 1.82) is 0 Å². The van der Waals surface area contributed by atoms with Crippen molar-refractivity contribution in [2.24, 2.45) is 0 Å². The van der Waals surface area contributed by atoms with E-state index in [4.69, 9.17) is 11.6 Å². The molecule has 1 aromatic rings. The van der Waals surface area contributed by atoms with Crippen molar-refractivity contribution in [1.82, 2.24) is 15.5 Å². The molecule has 1 unspecified atom stereocenters. The molecule has 1 aliphatic rings. The van der Waals surface area contributed by atoms with Gasteiger partial charge in [0.1, 0.15) is 0 Å². The predicted molar refractivity (Wildman–Crippen MR) is 52.2 cm³/mol. The topological polar surface area (TPSA) is 72.0 Å². The number of amides is 2. The monoisotopic (exact) mass is 225 g/mol. The van der Waals surface area contributed by atoms with Crippen molar-refractivity contribution in [3.05, 3.63) is 23.0 Å². The molecule has 1 fully saturated rings. The van der Waals surface area contributed by atoms with Crippen LogP contribution in [0.5, 0.6) is 0 Å². The first-order valence-corrected chi connectivity index (χ1v) is 4.86. The van der Waals surface area contributed by atoms with Crippen LogP contribution >= 0.6 is 11.6 Å². The van der Waals surface area contributed by atoms with Gasteiger partial charge in [-0.15, -0.1) is 5.10 Å². The minimum Gasteiger partial charge on any atom is -0.296 e. The van der Waals surface area contributed by atoms with Crippen LogP contribution in [0.25, 0.3) is 0 Å². The summed E-state index contributed by atoms with van der Waals surface area (Å²) in [7, 11) is 0. The summed E-state index contributed by atoms with van der Waals surface area (Å²) in [6.45, 7) is 0. The van der Waals surface area contributed by atoms with Crippen LogP contribution in [0.15, 0.2) is 12.3 Å². The molecule has 1 N–H and O–H groups in total. The van der Waals surface area contributed by atoms with Crippen molar-refractivity contribution in [2.75, 3.05) is 0 Å². The number of nitrogens with one attached hydrogen (secondary N) is 1. The molecule has 2 amide bonds. The fraction of sp³-hybridized carbons (Fsp3) is 0.333. The molecule has 0 aliphatic carbocycles. The fourth-order valence-electron chi connectivity index (χ4n) is 1.56. The fourth-order valence-corrected chi connectivity index (χ4v) is 1.73. The largest absolute Gasteiger partial charge is 0.296 e. The Hall–Kier alpha value is -1.49. The summed E-state index contributed by atoms with van der Waals surface area (Å²) in [6, 6.07) is 1.59. The van der Waals surface area contributed by atoms with Crippen molar-refractivity contribution in [3.63, 3.8) is 0 Å². The maximum atomic E-state index is 11.5. The molecule has 1 saturated heterocycles. The van der Waals surface area contributed by atoms with Crippen LogP contribution in [0.4, 0.5) is 0 Å². The van der Waals surface area contributed by atoms with Gasteiger partial charge in [-0.05, 0) is 18.1 Å². The third-order valence-electron chi connectivity index (χ3n) is 2.29. The SMILES string of the molecule is O=C1CCC(c2cnnc(Cl)c2)C(=O)N1. The van der Waals surface area contributed by atoms with E-state index in [1.807, 2.05) is 0 Å². The Morgan fingerprint density at radius 1 is 1.47 bits per heavy atom. The quantitative estimate of drug-likeness (QED) is 0.713. The minimum atomic E-state index is -0.351. The highest BCUT2D eigenvalue weighted by molar-refractivity contribution is 6.29. The third-order valence-corrected chi connectivity index (χ3v) is 2.47. The number of hydrogen-bond acceptors (Lipinski definition) is 4. The van der Waals surface area contributed by atoms with E-state index >= 15 is 0 Å². The molecule has 1 aliphatic heterocycles. The molecule has 0 saturated carbocycles. The van der Waals surface area contributed by atoms with E-state index < -0.39 is 0 Å². The van der Waals surface area contributed by atoms with Crippen LogP contribution in [0.3, 0.4) is 0 Å². The Balaban J connectivity index is 2.24. The number of imide groups is 1. The Labute approximate surface area is 90.8 Å². The summed E-state index contributed by atoms with van der Waals surface area (Å²) >= 11 is 5.67. The van der Waals surface area contributed by atoms with Crippen LogP contribution < -0.4 is 5.32 Å². The average Bonchev–Trinajstić information content (AvgIpc) is 2.17. The maximum Gasteiger partial charge on any atom is 0.234 e. The highest BCUT2D eigenvalue weighted by Crippen LogP contribution is 2.24. The number of aromatic nitrogens is 2. The van der Waals surface area contributed by atoms with Crippen LogP contribution in [-0.2, 0) is 9.59 Å². The summed E-state index contributed by atoms with van der Waals surface area (Å²) in [5, 5.41) is 9.78. The standard InChI is InChI=1S/C9H8ClN3O2/c10-7-3-5(4-11-13-7)6-1-2-8(14)12-9(6)15/h3-4,6H,1-2H2,(H,12,14,15). The number of rotatable bonds is 1. The van der Waals surface area contributed by atoms with Gasteiger partial charge in [0, 0.05) is 6.42 Å². The lowest BCUT2D eigenvalue weighted by molar-refractivity contribution is -0.134. The molecular formula is C9H8ClN3O2. The van der Waals surface area contributed by atoms with E-state index in [9.17, 15) is 9.59 Å². The number of carbonyl (C=O) groups is 2. The third kappa shape index (κ3) is 2.12. The molecule has 15 heavy (non-hydrogen) atoms. The highest BCUT2D eigenvalue weighted by Gasteiger charge is 2.28. The van der Waals surface area contributed by atoms with E-state index in [1.165, 1.54) is 6.20 Å². The van der Waals surface area contributed by atoms with Gasteiger partial charge in [0.05, 0.1) is 12.1 Å². The second-order valence-corrected chi connectivity index (χ2v) is 3.70. The zero-order valence-corrected chi connectivity index (χ0v) is 8.49. The van der Waals surface area contributed by atoms with Gasteiger partial charge in [-0.2, -0.15) is 5.10 Å². The molecule has 0 radical (unpaired) electrons. The summed E-state index contributed by atoms with van der Waals surface area (Å²) in [6.07, 6.45) is 2.33. The summed E-state index contributed by atoms with van der Waals surface area (Å²) in [4.78, 5) is 22.4. The second kappa shape index (κ2) is 3.94. The van der Waals surface area contributed by atoms with E-state index in [-0.39, 0.29) is 22.9 Å². The lowest BCUT2D eigenvalue weighted by atomic mass is 9.92. The van der Waals surface area contributed by atoms with Crippen molar-refractivity contribution >= 4 is 23.4 Å². The lowest BCUT2D eigenvalue weighted by Gasteiger charge is -2.20. The normalized spacial score (nSPS) is 21.3. The Kier molecular flexibility index (Phi) is 2.64. The molecule has 2 heterocycles. The zero-order chi connectivity index (χ0) is 10.8. The van der Waals surface area contributed by atoms with Gasteiger partial charge in [-0.1, -0.05) is 11.6 Å². The predicted octanol–water partition coefficient (Wildman–Crippen LogP) is 0.650. The zero-order valence-electron chi connectivity index (χ0n) is 7.74.